The van der Waals surface area contributed by atoms with Crippen LogP contribution in [0.2, 0.25) is 5.02 Å². The fourth-order valence-electron chi connectivity index (χ4n) is 1.14. The van der Waals surface area contributed by atoms with E-state index in [1.807, 2.05) is 0 Å². The Bertz CT molecular complexity index is 337. The van der Waals surface area contributed by atoms with Gasteiger partial charge in [-0.05, 0) is 18.6 Å². The van der Waals surface area contributed by atoms with Crippen LogP contribution in [0.15, 0.2) is 18.2 Å². The highest BCUT2D eigenvalue weighted by Gasteiger charge is 2.09. The van der Waals surface area contributed by atoms with Gasteiger partial charge in [-0.1, -0.05) is 11.6 Å². The van der Waals surface area contributed by atoms with Gasteiger partial charge in [-0.2, -0.15) is 8.78 Å². The lowest BCUT2D eigenvalue weighted by molar-refractivity contribution is -0.0493. The van der Waals surface area contributed by atoms with Crippen molar-refractivity contribution in [2.75, 3.05) is 18.5 Å². The van der Waals surface area contributed by atoms with Crippen molar-refractivity contribution in [2.45, 2.75) is 13.0 Å². The molecule has 0 unspecified atom stereocenters. The predicted octanol–water partition coefficient (Wildman–Crippen LogP) is 2.74. The molecule has 6 heteroatoms. The van der Waals surface area contributed by atoms with Crippen molar-refractivity contribution < 1.29 is 18.6 Å². The zero-order chi connectivity index (χ0) is 12.0. The van der Waals surface area contributed by atoms with Crippen LogP contribution in [0, 0.1) is 0 Å². The zero-order valence-corrected chi connectivity index (χ0v) is 9.18. The van der Waals surface area contributed by atoms with Crippen molar-refractivity contribution in [3.05, 3.63) is 23.2 Å². The second-order valence-electron chi connectivity index (χ2n) is 3.02. The highest BCUT2D eigenvalue weighted by Crippen LogP contribution is 2.29. The fourth-order valence-corrected chi connectivity index (χ4v) is 1.30. The van der Waals surface area contributed by atoms with Crippen molar-refractivity contribution in [1.82, 2.24) is 0 Å². The highest BCUT2D eigenvalue weighted by molar-refractivity contribution is 6.30. The molecule has 0 aliphatic carbocycles. The molecule has 0 radical (unpaired) electrons. The van der Waals surface area contributed by atoms with Crippen LogP contribution >= 0.6 is 11.6 Å². The number of ether oxygens (including phenoxy) is 1. The Morgan fingerprint density at radius 1 is 1.44 bits per heavy atom. The minimum Gasteiger partial charge on any atom is -0.433 e. The van der Waals surface area contributed by atoms with Crippen molar-refractivity contribution in [1.29, 1.82) is 0 Å². The molecule has 0 saturated carbocycles. The van der Waals surface area contributed by atoms with E-state index in [9.17, 15) is 8.78 Å². The third kappa shape index (κ3) is 4.20. The van der Waals surface area contributed by atoms with E-state index in [-0.39, 0.29) is 12.4 Å². The predicted molar refractivity (Wildman–Crippen MR) is 58.3 cm³/mol. The van der Waals surface area contributed by atoms with Gasteiger partial charge in [0, 0.05) is 24.2 Å². The maximum atomic E-state index is 12.1. The van der Waals surface area contributed by atoms with Gasteiger partial charge < -0.3 is 15.2 Å². The van der Waals surface area contributed by atoms with Crippen LogP contribution in [0.1, 0.15) is 6.42 Å². The van der Waals surface area contributed by atoms with E-state index < -0.39 is 6.61 Å². The molecule has 0 atom stereocenters. The van der Waals surface area contributed by atoms with E-state index in [1.54, 1.807) is 12.1 Å². The van der Waals surface area contributed by atoms with Crippen LogP contribution in [0.25, 0.3) is 0 Å². The summed E-state index contributed by atoms with van der Waals surface area (Å²) in [6, 6.07) is 4.44. The van der Waals surface area contributed by atoms with E-state index in [0.29, 0.717) is 23.7 Å². The molecule has 2 N–H and O–H groups in total. The number of aliphatic hydroxyl groups excluding tert-OH is 1. The number of anilines is 1. The molecule has 0 spiro atoms. The SMILES string of the molecule is OCCCNc1ccc(Cl)cc1OC(F)F. The lowest BCUT2D eigenvalue weighted by Crippen LogP contribution is -2.08. The number of hydrogen-bond donors (Lipinski definition) is 2. The molecule has 0 aliphatic heterocycles. The van der Waals surface area contributed by atoms with Crippen LogP contribution in [-0.4, -0.2) is 24.9 Å². The number of alkyl halides is 2. The number of halogens is 3. The maximum absolute atomic E-state index is 12.1. The van der Waals surface area contributed by atoms with Gasteiger partial charge >= 0.3 is 6.61 Å². The number of benzene rings is 1. The Hall–Kier alpha value is -1.07. The normalized spacial score (nSPS) is 10.6. The standard InChI is InChI=1S/C10H12ClF2NO2/c11-7-2-3-8(14-4-1-5-15)9(6-7)16-10(12)13/h2-3,6,10,14-15H,1,4-5H2. The van der Waals surface area contributed by atoms with Gasteiger partial charge in [0.05, 0.1) is 5.69 Å². The largest absolute Gasteiger partial charge is 0.433 e. The molecule has 1 aromatic carbocycles. The lowest BCUT2D eigenvalue weighted by atomic mass is 10.3. The van der Waals surface area contributed by atoms with Crippen LogP contribution in [0.5, 0.6) is 5.75 Å². The average Bonchev–Trinajstić information content (AvgIpc) is 2.20. The quantitative estimate of drug-likeness (QED) is 0.764. The van der Waals surface area contributed by atoms with E-state index in [2.05, 4.69) is 10.1 Å². The number of hydrogen-bond acceptors (Lipinski definition) is 3. The summed E-state index contributed by atoms with van der Waals surface area (Å²) < 4.78 is 28.5. The molecule has 0 heterocycles. The van der Waals surface area contributed by atoms with Gasteiger partial charge in [-0.25, -0.2) is 0 Å². The van der Waals surface area contributed by atoms with E-state index >= 15 is 0 Å². The van der Waals surface area contributed by atoms with E-state index in [0.717, 1.165) is 0 Å². The third-order valence-corrected chi connectivity index (χ3v) is 2.05. The number of nitrogens with one attached hydrogen (secondary N) is 1. The van der Waals surface area contributed by atoms with Crippen LogP contribution in [0.3, 0.4) is 0 Å². The van der Waals surface area contributed by atoms with E-state index in [1.165, 1.54) is 6.07 Å². The maximum Gasteiger partial charge on any atom is 0.387 e. The summed E-state index contributed by atoms with van der Waals surface area (Å²) in [7, 11) is 0. The second-order valence-corrected chi connectivity index (χ2v) is 3.46. The van der Waals surface area contributed by atoms with Gasteiger partial charge in [0.1, 0.15) is 0 Å². The van der Waals surface area contributed by atoms with Crippen LogP contribution < -0.4 is 10.1 Å². The molecule has 16 heavy (non-hydrogen) atoms. The summed E-state index contributed by atoms with van der Waals surface area (Å²) in [5.74, 6) is 0.000407. The van der Waals surface area contributed by atoms with Crippen LogP contribution in [-0.2, 0) is 0 Å². The Kier molecular flexibility index (Phi) is 5.28. The topological polar surface area (TPSA) is 41.5 Å². The average molecular weight is 252 g/mol. The van der Waals surface area contributed by atoms with Gasteiger partial charge in [0.15, 0.2) is 5.75 Å². The lowest BCUT2D eigenvalue weighted by Gasteiger charge is -2.12. The molecule has 0 aliphatic rings. The first-order valence-corrected chi connectivity index (χ1v) is 5.10. The molecule has 0 fully saturated rings. The first-order chi connectivity index (χ1) is 7.63. The van der Waals surface area contributed by atoms with Crippen molar-refractivity contribution in [3.8, 4) is 5.75 Å². The molecule has 3 nitrogen and oxygen atoms in total. The van der Waals surface area contributed by atoms with Crippen LogP contribution in [0.4, 0.5) is 14.5 Å². The Balaban J connectivity index is 2.72. The highest BCUT2D eigenvalue weighted by atomic mass is 35.5. The zero-order valence-electron chi connectivity index (χ0n) is 8.42. The van der Waals surface area contributed by atoms with Gasteiger partial charge in [-0.3, -0.25) is 0 Å². The fraction of sp³-hybridized carbons (Fsp3) is 0.400. The van der Waals surface area contributed by atoms with Crippen molar-refractivity contribution >= 4 is 17.3 Å². The first kappa shape index (κ1) is 13.0. The number of rotatable bonds is 6. The Morgan fingerprint density at radius 3 is 2.81 bits per heavy atom. The summed E-state index contributed by atoms with van der Waals surface area (Å²) in [6.07, 6.45) is 0.525. The molecule has 0 amide bonds. The molecule has 0 bridgehead atoms. The molecule has 1 aromatic rings. The smallest absolute Gasteiger partial charge is 0.387 e. The number of aliphatic hydroxyl groups is 1. The van der Waals surface area contributed by atoms with Gasteiger partial charge in [0.2, 0.25) is 0 Å². The summed E-state index contributed by atoms with van der Waals surface area (Å²) >= 11 is 5.67. The minimum absolute atomic E-state index is 0.000407. The molecule has 0 aromatic heterocycles. The molecular weight excluding hydrogens is 240 g/mol. The Labute approximate surface area is 97.0 Å². The third-order valence-electron chi connectivity index (χ3n) is 1.81. The molecule has 90 valence electrons. The molecule has 1 rings (SSSR count). The van der Waals surface area contributed by atoms with Crippen molar-refractivity contribution in [2.24, 2.45) is 0 Å². The monoisotopic (exact) mass is 251 g/mol. The molecule has 0 saturated heterocycles. The van der Waals surface area contributed by atoms with Gasteiger partial charge in [-0.15, -0.1) is 0 Å². The van der Waals surface area contributed by atoms with E-state index in [4.69, 9.17) is 16.7 Å². The second kappa shape index (κ2) is 6.50. The molecular formula is C10H12ClF2NO2. The summed E-state index contributed by atoms with van der Waals surface area (Å²) in [5.41, 5.74) is 0.429. The summed E-state index contributed by atoms with van der Waals surface area (Å²) in [5, 5.41) is 11.8. The minimum atomic E-state index is -2.89. The Morgan fingerprint density at radius 2 is 2.19 bits per heavy atom. The van der Waals surface area contributed by atoms with Gasteiger partial charge in [0.25, 0.3) is 0 Å². The summed E-state index contributed by atoms with van der Waals surface area (Å²) in [6.45, 7) is -2.39. The first-order valence-electron chi connectivity index (χ1n) is 4.72. The van der Waals surface area contributed by atoms with Crippen molar-refractivity contribution in [3.63, 3.8) is 0 Å². The summed E-state index contributed by atoms with van der Waals surface area (Å²) in [4.78, 5) is 0.